The summed E-state index contributed by atoms with van der Waals surface area (Å²) in [5.41, 5.74) is 1.12. The van der Waals surface area contributed by atoms with Gasteiger partial charge in [0.15, 0.2) is 0 Å². The lowest BCUT2D eigenvalue weighted by Crippen LogP contribution is -2.47. The smallest absolute Gasteiger partial charge is 0.243 e. The van der Waals surface area contributed by atoms with Crippen molar-refractivity contribution in [3.63, 3.8) is 0 Å². The fourth-order valence-electron chi connectivity index (χ4n) is 2.84. The van der Waals surface area contributed by atoms with Crippen molar-refractivity contribution in [3.8, 4) is 11.5 Å². The van der Waals surface area contributed by atoms with Crippen molar-refractivity contribution >= 4 is 44.3 Å². The van der Waals surface area contributed by atoms with Crippen LogP contribution < -0.4 is 19.5 Å². The Labute approximate surface area is 178 Å². The molecule has 30 heavy (non-hydrogen) atoms. The maximum Gasteiger partial charge on any atom is 0.243 e. The van der Waals surface area contributed by atoms with Gasteiger partial charge in [0.1, 0.15) is 33.8 Å². The van der Waals surface area contributed by atoms with Crippen molar-refractivity contribution in [2.24, 2.45) is 14.6 Å². The van der Waals surface area contributed by atoms with Gasteiger partial charge in [-0.3, -0.25) is 4.79 Å². The van der Waals surface area contributed by atoms with E-state index in [2.05, 4.69) is 18.8 Å². The summed E-state index contributed by atoms with van der Waals surface area (Å²) in [4.78, 5) is 13.0. The first kappa shape index (κ1) is 21.9. The molecule has 1 amide bonds. The lowest BCUT2D eigenvalue weighted by molar-refractivity contribution is -0.118. The molecule has 0 saturated carbocycles. The van der Waals surface area contributed by atoms with Crippen LogP contribution in [0.5, 0.6) is 11.5 Å². The summed E-state index contributed by atoms with van der Waals surface area (Å²) in [6.45, 7) is 3.50. The molecule has 2 N–H and O–H groups in total. The van der Waals surface area contributed by atoms with Crippen LogP contribution in [0.3, 0.4) is 0 Å². The summed E-state index contributed by atoms with van der Waals surface area (Å²) >= 11 is 0.927. The minimum atomic E-state index is -4.03. The van der Waals surface area contributed by atoms with Crippen LogP contribution in [0.4, 0.5) is 17.1 Å². The number of sulfonamides is 1. The van der Waals surface area contributed by atoms with Crippen molar-refractivity contribution < 1.29 is 22.7 Å². The molecule has 0 radical (unpaired) electrons. The maximum atomic E-state index is 13.0. The highest BCUT2D eigenvalue weighted by molar-refractivity contribution is 7.89. The second-order valence-electron chi connectivity index (χ2n) is 6.79. The Morgan fingerprint density at radius 2 is 1.87 bits per heavy atom. The molecule has 0 fully saturated rings. The molecule has 0 unspecified atom stereocenters. The number of carbonyl (C=O) groups is 1. The van der Waals surface area contributed by atoms with E-state index in [4.69, 9.17) is 9.47 Å². The molecule has 1 aliphatic heterocycles. The molecular formula is C19H22N4O5S2. The van der Waals surface area contributed by atoms with Crippen molar-refractivity contribution in [1.82, 2.24) is 4.72 Å². The number of methoxy groups -OCH3 is 2. The van der Waals surface area contributed by atoms with Gasteiger partial charge in [-0.1, -0.05) is 19.9 Å². The SMILES string of the molecule is COc1ccc(OC)c(NC(=O)[C@@H](NS(=O)(=O)c2cccc3c2N=S=N3)C(C)C)c1. The van der Waals surface area contributed by atoms with Gasteiger partial charge in [0.05, 0.1) is 31.3 Å². The molecule has 0 spiro atoms. The molecule has 11 heteroatoms. The highest BCUT2D eigenvalue weighted by Gasteiger charge is 2.31. The van der Waals surface area contributed by atoms with E-state index >= 15 is 0 Å². The Hall–Kier alpha value is -2.76. The van der Waals surface area contributed by atoms with Crippen LogP contribution in [0.1, 0.15) is 13.8 Å². The second-order valence-corrected chi connectivity index (χ2v) is 9.00. The highest BCUT2D eigenvalue weighted by Crippen LogP contribution is 2.37. The quantitative estimate of drug-likeness (QED) is 0.545. The van der Waals surface area contributed by atoms with E-state index in [-0.39, 0.29) is 16.5 Å². The normalized spacial score (nSPS) is 13.5. The number of hydrogen-bond donors (Lipinski definition) is 2. The molecule has 0 aliphatic carbocycles. The monoisotopic (exact) mass is 450 g/mol. The summed E-state index contributed by atoms with van der Waals surface area (Å²) < 4.78 is 47.2. The fraction of sp³-hybridized carbons (Fsp3) is 0.316. The number of carbonyl (C=O) groups excluding carboxylic acids is 1. The van der Waals surface area contributed by atoms with Crippen molar-refractivity contribution in [1.29, 1.82) is 0 Å². The second kappa shape index (κ2) is 8.94. The van der Waals surface area contributed by atoms with E-state index in [0.717, 1.165) is 11.4 Å². The number of anilines is 1. The average molecular weight is 451 g/mol. The molecule has 0 aromatic heterocycles. The summed E-state index contributed by atoms with van der Waals surface area (Å²) in [5.74, 6) is 0.0937. The maximum absolute atomic E-state index is 13.0. The van der Waals surface area contributed by atoms with Crippen LogP contribution in [0, 0.1) is 5.92 Å². The standard InChI is InChI=1S/C19H22N4O5S2/c1-11(2)17(19(24)20-14-10-12(27-3)8-9-15(14)28-4)23-30(25,26)16-7-5-6-13-18(16)22-29-21-13/h5-11,17,23H,1-4H3,(H,20,24)/t17-/m0/s1. The van der Waals surface area contributed by atoms with Gasteiger partial charge in [0, 0.05) is 6.07 Å². The van der Waals surface area contributed by atoms with Crippen LogP contribution in [0.2, 0.25) is 0 Å². The van der Waals surface area contributed by atoms with Gasteiger partial charge < -0.3 is 14.8 Å². The Morgan fingerprint density at radius 1 is 1.10 bits per heavy atom. The van der Waals surface area contributed by atoms with Gasteiger partial charge >= 0.3 is 0 Å². The van der Waals surface area contributed by atoms with Crippen LogP contribution in [0.25, 0.3) is 0 Å². The number of rotatable bonds is 8. The molecule has 0 bridgehead atoms. The van der Waals surface area contributed by atoms with E-state index in [1.165, 1.54) is 20.3 Å². The average Bonchev–Trinajstić information content (AvgIpc) is 3.20. The third kappa shape index (κ3) is 4.53. The molecule has 2 aromatic carbocycles. The first-order valence-electron chi connectivity index (χ1n) is 9.03. The molecule has 160 valence electrons. The number of amides is 1. The third-order valence-electron chi connectivity index (χ3n) is 4.43. The van der Waals surface area contributed by atoms with Gasteiger partial charge in [0.2, 0.25) is 15.9 Å². The lowest BCUT2D eigenvalue weighted by Gasteiger charge is -2.22. The van der Waals surface area contributed by atoms with Gasteiger partial charge in [-0.05, 0) is 30.2 Å². The Morgan fingerprint density at radius 3 is 2.53 bits per heavy atom. The van der Waals surface area contributed by atoms with Crippen LogP contribution >= 0.6 is 0 Å². The van der Waals surface area contributed by atoms with E-state index in [1.807, 2.05) is 0 Å². The predicted octanol–water partition coefficient (Wildman–Crippen LogP) is 3.37. The molecule has 0 saturated heterocycles. The molecule has 1 heterocycles. The van der Waals surface area contributed by atoms with E-state index in [1.54, 1.807) is 44.2 Å². The molecule has 1 atom stereocenters. The highest BCUT2D eigenvalue weighted by atomic mass is 32.2. The Balaban J connectivity index is 1.87. The van der Waals surface area contributed by atoms with Gasteiger partial charge in [-0.2, -0.15) is 13.4 Å². The summed E-state index contributed by atoms with van der Waals surface area (Å²) in [6.07, 6.45) is 0. The van der Waals surface area contributed by atoms with Gasteiger partial charge in [-0.25, -0.2) is 8.42 Å². The van der Waals surface area contributed by atoms with Crippen molar-refractivity contribution in [3.05, 3.63) is 36.4 Å². The summed E-state index contributed by atoms with van der Waals surface area (Å²) in [5, 5.41) is 2.73. The van der Waals surface area contributed by atoms with Gasteiger partial charge in [-0.15, -0.1) is 0 Å². The van der Waals surface area contributed by atoms with E-state index in [9.17, 15) is 13.2 Å². The number of ether oxygens (including phenoxy) is 2. The van der Waals surface area contributed by atoms with Crippen molar-refractivity contribution in [2.45, 2.75) is 24.8 Å². The van der Waals surface area contributed by atoms with Gasteiger partial charge in [0.25, 0.3) is 0 Å². The van der Waals surface area contributed by atoms with E-state index < -0.39 is 22.0 Å². The lowest BCUT2D eigenvalue weighted by atomic mass is 10.0. The molecule has 3 rings (SSSR count). The zero-order chi connectivity index (χ0) is 21.9. The Bertz CT molecular complexity index is 1140. The topological polar surface area (TPSA) is 118 Å². The molecule has 9 nitrogen and oxygen atoms in total. The van der Waals surface area contributed by atoms with Crippen LogP contribution in [-0.2, 0) is 26.2 Å². The number of fused-ring (bicyclic) bond motifs is 1. The fourth-order valence-corrected chi connectivity index (χ4v) is 4.95. The largest absolute Gasteiger partial charge is 0.497 e. The van der Waals surface area contributed by atoms with Crippen molar-refractivity contribution in [2.75, 3.05) is 19.5 Å². The molecule has 2 aromatic rings. The summed E-state index contributed by atoms with van der Waals surface area (Å²) in [7, 11) is -1.05. The predicted molar refractivity (Wildman–Crippen MR) is 115 cm³/mol. The first-order chi connectivity index (χ1) is 14.3. The molecular weight excluding hydrogens is 428 g/mol. The van der Waals surface area contributed by atoms with Crippen LogP contribution in [0.15, 0.2) is 50.0 Å². The molecule has 1 aliphatic rings. The minimum Gasteiger partial charge on any atom is -0.497 e. The number of benzene rings is 2. The van der Waals surface area contributed by atoms with E-state index in [0.29, 0.717) is 22.9 Å². The number of nitrogens with one attached hydrogen (secondary N) is 2. The van der Waals surface area contributed by atoms with Crippen LogP contribution in [-0.4, -0.2) is 34.6 Å². The third-order valence-corrected chi connectivity index (χ3v) is 6.45. The first-order valence-corrected chi connectivity index (χ1v) is 11.2. The minimum absolute atomic E-state index is 0.0221. The summed E-state index contributed by atoms with van der Waals surface area (Å²) in [6, 6.07) is 8.62. The number of hydrogen-bond acceptors (Lipinski definition) is 7. The number of nitrogens with zero attached hydrogens (tertiary/aromatic N) is 2. The zero-order valence-electron chi connectivity index (χ0n) is 16.9. The Kier molecular flexibility index (Phi) is 6.54. The zero-order valence-corrected chi connectivity index (χ0v) is 18.5.